The molecule has 1 aromatic carbocycles. The molecule has 2 aromatic rings. The van der Waals surface area contributed by atoms with Crippen LogP contribution < -0.4 is 5.56 Å². The number of hydrogen-bond donors (Lipinski definition) is 1. The van der Waals surface area contributed by atoms with Gasteiger partial charge in [-0.25, -0.2) is 0 Å². The van der Waals surface area contributed by atoms with E-state index < -0.39 is 16.2 Å². The molecule has 0 fully saturated rings. The molecular formula is C10H7BrN2O3. The Morgan fingerprint density at radius 2 is 2.06 bits per heavy atom. The van der Waals surface area contributed by atoms with E-state index in [1.54, 1.807) is 6.07 Å². The van der Waals surface area contributed by atoms with Crippen LogP contribution in [0.1, 0.15) is 5.56 Å². The number of aryl methyl sites for hydroxylation is 1. The van der Waals surface area contributed by atoms with Crippen LogP contribution >= 0.6 is 15.9 Å². The number of pyridine rings is 1. The van der Waals surface area contributed by atoms with Crippen molar-refractivity contribution in [3.05, 3.63) is 48.7 Å². The second kappa shape index (κ2) is 3.71. The molecule has 1 heterocycles. The minimum atomic E-state index is -0.690. The van der Waals surface area contributed by atoms with E-state index in [1.807, 2.05) is 13.0 Å². The SMILES string of the molecule is Cc1cc(Br)c2cc([N+](=O)[O-])c(=O)[nH]c2c1. The first-order valence-electron chi connectivity index (χ1n) is 4.46. The van der Waals surface area contributed by atoms with Crippen LogP contribution in [0.15, 0.2) is 27.5 Å². The molecule has 0 aliphatic carbocycles. The zero-order chi connectivity index (χ0) is 11.9. The monoisotopic (exact) mass is 282 g/mol. The lowest BCUT2D eigenvalue weighted by Gasteiger charge is -2.02. The smallest absolute Gasteiger partial charge is 0.316 e. The van der Waals surface area contributed by atoms with Gasteiger partial charge in [0.25, 0.3) is 0 Å². The number of aromatic nitrogens is 1. The number of benzene rings is 1. The van der Waals surface area contributed by atoms with E-state index in [0.717, 1.165) is 10.0 Å². The first-order chi connectivity index (χ1) is 7.49. The molecule has 0 spiro atoms. The van der Waals surface area contributed by atoms with Crippen LogP contribution in [-0.4, -0.2) is 9.91 Å². The fraction of sp³-hybridized carbons (Fsp3) is 0.100. The van der Waals surface area contributed by atoms with Gasteiger partial charge in [0, 0.05) is 15.9 Å². The molecule has 2 rings (SSSR count). The minimum absolute atomic E-state index is 0.447. The van der Waals surface area contributed by atoms with Crippen LogP contribution in [0.4, 0.5) is 5.69 Å². The summed E-state index contributed by atoms with van der Waals surface area (Å²) in [4.78, 5) is 23.8. The van der Waals surface area contributed by atoms with Gasteiger partial charge >= 0.3 is 11.2 Å². The van der Waals surface area contributed by atoms with Crippen molar-refractivity contribution in [3.63, 3.8) is 0 Å². The van der Waals surface area contributed by atoms with Crippen molar-refractivity contribution in [2.45, 2.75) is 6.92 Å². The first kappa shape index (κ1) is 10.8. The van der Waals surface area contributed by atoms with Crippen molar-refractivity contribution in [3.8, 4) is 0 Å². The lowest BCUT2D eigenvalue weighted by molar-refractivity contribution is -0.386. The third-order valence-electron chi connectivity index (χ3n) is 2.23. The normalized spacial score (nSPS) is 10.6. The predicted molar refractivity (Wildman–Crippen MR) is 63.7 cm³/mol. The fourth-order valence-electron chi connectivity index (χ4n) is 1.53. The Morgan fingerprint density at radius 3 is 2.69 bits per heavy atom. The maximum absolute atomic E-state index is 11.4. The number of nitro groups is 1. The zero-order valence-electron chi connectivity index (χ0n) is 8.28. The number of nitrogens with zero attached hydrogens (tertiary/aromatic N) is 1. The van der Waals surface area contributed by atoms with Gasteiger partial charge in [-0.15, -0.1) is 0 Å². The molecule has 1 N–H and O–H groups in total. The Balaban J connectivity index is 2.90. The molecule has 82 valence electrons. The summed E-state index contributed by atoms with van der Waals surface area (Å²) in [6.45, 7) is 1.88. The number of aromatic amines is 1. The fourth-order valence-corrected chi connectivity index (χ4v) is 2.22. The van der Waals surface area contributed by atoms with Crippen molar-refractivity contribution >= 4 is 32.5 Å². The highest BCUT2D eigenvalue weighted by Crippen LogP contribution is 2.25. The lowest BCUT2D eigenvalue weighted by Crippen LogP contribution is -2.11. The molecule has 0 saturated heterocycles. The maximum Gasteiger partial charge on any atom is 0.334 e. The highest BCUT2D eigenvalue weighted by atomic mass is 79.9. The molecule has 0 aliphatic heterocycles. The third-order valence-corrected chi connectivity index (χ3v) is 2.89. The second-order valence-electron chi connectivity index (χ2n) is 3.45. The molecule has 0 saturated carbocycles. The third kappa shape index (κ3) is 1.71. The molecule has 6 heteroatoms. The molecule has 0 radical (unpaired) electrons. The number of halogens is 1. The highest BCUT2D eigenvalue weighted by molar-refractivity contribution is 9.10. The molecule has 0 amide bonds. The zero-order valence-corrected chi connectivity index (χ0v) is 9.87. The average Bonchev–Trinajstić information content (AvgIpc) is 2.15. The molecular weight excluding hydrogens is 276 g/mol. The van der Waals surface area contributed by atoms with Gasteiger partial charge in [-0.2, -0.15) is 0 Å². The van der Waals surface area contributed by atoms with Gasteiger partial charge in [0.05, 0.1) is 10.4 Å². The van der Waals surface area contributed by atoms with Crippen molar-refractivity contribution in [2.24, 2.45) is 0 Å². The van der Waals surface area contributed by atoms with Gasteiger partial charge in [-0.05, 0) is 24.6 Å². The van der Waals surface area contributed by atoms with Gasteiger partial charge in [-0.1, -0.05) is 15.9 Å². The van der Waals surface area contributed by atoms with E-state index in [2.05, 4.69) is 20.9 Å². The van der Waals surface area contributed by atoms with Gasteiger partial charge in [0.1, 0.15) is 0 Å². The molecule has 5 nitrogen and oxygen atoms in total. The quantitative estimate of drug-likeness (QED) is 0.645. The molecule has 1 aromatic heterocycles. The van der Waals surface area contributed by atoms with Crippen molar-refractivity contribution in [1.82, 2.24) is 4.98 Å². The van der Waals surface area contributed by atoms with Gasteiger partial charge < -0.3 is 4.98 Å². The molecule has 0 aliphatic rings. The number of H-pyrrole nitrogens is 1. The van der Waals surface area contributed by atoms with E-state index in [1.165, 1.54) is 6.07 Å². The first-order valence-corrected chi connectivity index (χ1v) is 5.26. The number of nitrogens with one attached hydrogen (secondary N) is 1. The molecule has 0 atom stereocenters. The molecule has 16 heavy (non-hydrogen) atoms. The Kier molecular flexibility index (Phi) is 2.51. The van der Waals surface area contributed by atoms with Crippen molar-refractivity contribution < 1.29 is 4.92 Å². The maximum atomic E-state index is 11.4. The van der Waals surface area contributed by atoms with Gasteiger partial charge in [0.15, 0.2) is 0 Å². The Bertz CT molecular complexity index is 648. The summed E-state index contributed by atoms with van der Waals surface area (Å²) in [6, 6.07) is 4.88. The highest BCUT2D eigenvalue weighted by Gasteiger charge is 2.14. The average molecular weight is 283 g/mol. The van der Waals surface area contributed by atoms with E-state index >= 15 is 0 Å². The Hall–Kier alpha value is -1.69. The summed E-state index contributed by atoms with van der Waals surface area (Å²) < 4.78 is 0.724. The van der Waals surface area contributed by atoms with Gasteiger partial charge in [-0.3, -0.25) is 14.9 Å². The molecule has 0 unspecified atom stereocenters. The van der Waals surface area contributed by atoms with Crippen LogP contribution in [0, 0.1) is 17.0 Å². The molecule has 0 bridgehead atoms. The lowest BCUT2D eigenvalue weighted by atomic mass is 10.1. The minimum Gasteiger partial charge on any atom is -0.316 e. The van der Waals surface area contributed by atoms with E-state index in [4.69, 9.17) is 0 Å². The summed E-state index contributed by atoms with van der Waals surface area (Å²) in [5.74, 6) is 0. The van der Waals surface area contributed by atoms with Crippen LogP contribution in [0.2, 0.25) is 0 Å². The Labute approximate surface area is 98.4 Å². The topological polar surface area (TPSA) is 76.0 Å². The summed E-state index contributed by atoms with van der Waals surface area (Å²) in [7, 11) is 0. The second-order valence-corrected chi connectivity index (χ2v) is 4.30. The van der Waals surface area contributed by atoms with Gasteiger partial charge in [0.2, 0.25) is 0 Å². The van der Waals surface area contributed by atoms with Crippen LogP contribution in [0.25, 0.3) is 10.9 Å². The van der Waals surface area contributed by atoms with E-state index in [-0.39, 0.29) is 0 Å². The van der Waals surface area contributed by atoms with Crippen molar-refractivity contribution in [1.29, 1.82) is 0 Å². The summed E-state index contributed by atoms with van der Waals surface area (Å²) in [5, 5.41) is 11.2. The van der Waals surface area contributed by atoms with Crippen LogP contribution in [-0.2, 0) is 0 Å². The van der Waals surface area contributed by atoms with E-state index in [0.29, 0.717) is 10.9 Å². The predicted octanol–water partition coefficient (Wildman–Crippen LogP) is 2.51. The van der Waals surface area contributed by atoms with E-state index in [9.17, 15) is 14.9 Å². The summed E-state index contributed by atoms with van der Waals surface area (Å²) in [6.07, 6.45) is 0. The summed E-state index contributed by atoms with van der Waals surface area (Å²) >= 11 is 3.31. The largest absolute Gasteiger partial charge is 0.334 e. The number of fused-ring (bicyclic) bond motifs is 1. The van der Waals surface area contributed by atoms with Crippen LogP contribution in [0.3, 0.4) is 0 Å². The van der Waals surface area contributed by atoms with Crippen molar-refractivity contribution in [2.75, 3.05) is 0 Å². The number of rotatable bonds is 1. The Morgan fingerprint density at radius 1 is 1.38 bits per heavy atom. The number of hydrogen-bond acceptors (Lipinski definition) is 3. The summed E-state index contributed by atoms with van der Waals surface area (Å²) in [5.41, 5.74) is 0.415. The van der Waals surface area contributed by atoms with Crippen LogP contribution in [0.5, 0.6) is 0 Å². The standard InChI is InChI=1S/C10H7BrN2O3/c1-5-2-7(11)6-4-9(13(15)16)10(14)12-8(6)3-5/h2-4H,1H3,(H,12,14).